The van der Waals surface area contributed by atoms with Crippen LogP contribution in [-0.2, 0) is 0 Å². The summed E-state index contributed by atoms with van der Waals surface area (Å²) in [6.45, 7) is 3.94. The molecule has 1 heterocycles. The van der Waals surface area contributed by atoms with E-state index in [2.05, 4.69) is 20.9 Å². The van der Waals surface area contributed by atoms with Crippen molar-refractivity contribution in [2.75, 3.05) is 0 Å². The minimum atomic E-state index is 0.543. The molecule has 0 saturated heterocycles. The van der Waals surface area contributed by atoms with Gasteiger partial charge in [-0.15, -0.1) is 0 Å². The molecule has 2 nitrogen and oxygen atoms in total. The third-order valence-corrected chi connectivity index (χ3v) is 3.10. The first kappa shape index (κ1) is 12.4. The Hall–Kier alpha value is -1.06. The van der Waals surface area contributed by atoms with E-state index in [1.54, 1.807) is 12.3 Å². The summed E-state index contributed by atoms with van der Waals surface area (Å²) in [6, 6.07) is 7.49. The molecule has 1 aromatic heterocycles. The summed E-state index contributed by atoms with van der Waals surface area (Å²) in [5.74, 6) is 1.26. The Morgan fingerprint density at radius 1 is 1.24 bits per heavy atom. The van der Waals surface area contributed by atoms with Crippen LogP contribution in [0.15, 0.2) is 34.9 Å². The molecule has 0 spiro atoms. The van der Waals surface area contributed by atoms with Crippen LogP contribution in [0.3, 0.4) is 0 Å². The first-order valence-corrected chi connectivity index (χ1v) is 6.29. The van der Waals surface area contributed by atoms with Gasteiger partial charge in [-0.25, -0.2) is 4.98 Å². The van der Waals surface area contributed by atoms with Crippen molar-refractivity contribution in [3.05, 3.63) is 51.1 Å². The van der Waals surface area contributed by atoms with E-state index in [0.29, 0.717) is 10.9 Å². The number of ether oxygens (including phenoxy) is 1. The first-order chi connectivity index (χ1) is 8.06. The van der Waals surface area contributed by atoms with Gasteiger partial charge in [-0.2, -0.15) is 0 Å². The molecule has 0 radical (unpaired) electrons. The van der Waals surface area contributed by atoms with Crippen LogP contribution in [0.1, 0.15) is 11.1 Å². The summed E-state index contributed by atoms with van der Waals surface area (Å²) in [7, 11) is 0. The van der Waals surface area contributed by atoms with E-state index in [0.717, 1.165) is 21.3 Å². The highest BCUT2D eigenvalue weighted by Gasteiger charge is 2.07. The highest BCUT2D eigenvalue weighted by molar-refractivity contribution is 9.10. The van der Waals surface area contributed by atoms with Crippen molar-refractivity contribution >= 4 is 27.5 Å². The van der Waals surface area contributed by atoms with Gasteiger partial charge in [0.15, 0.2) is 0 Å². The zero-order valence-electron chi connectivity index (χ0n) is 9.50. The lowest BCUT2D eigenvalue weighted by Gasteiger charge is -2.09. The maximum absolute atomic E-state index is 5.94. The van der Waals surface area contributed by atoms with Crippen molar-refractivity contribution in [3.8, 4) is 11.6 Å². The molecular weight excluding hydrogens is 302 g/mol. The molecule has 88 valence electrons. The summed E-state index contributed by atoms with van der Waals surface area (Å²) in [5, 5.41) is 0.647. The Kier molecular flexibility index (Phi) is 3.69. The molecule has 0 atom stereocenters. The monoisotopic (exact) mass is 311 g/mol. The van der Waals surface area contributed by atoms with Gasteiger partial charge in [0.25, 0.3) is 0 Å². The first-order valence-electron chi connectivity index (χ1n) is 5.12. The molecule has 2 rings (SSSR count). The minimum absolute atomic E-state index is 0.543. The number of aromatic nitrogens is 1. The maximum Gasteiger partial charge on any atom is 0.233 e. The number of hydrogen-bond donors (Lipinski definition) is 0. The fourth-order valence-corrected chi connectivity index (χ4v) is 2.09. The Morgan fingerprint density at radius 3 is 2.71 bits per heavy atom. The Balaban J connectivity index is 2.34. The van der Waals surface area contributed by atoms with Crippen LogP contribution < -0.4 is 4.74 Å². The minimum Gasteiger partial charge on any atom is -0.438 e. The summed E-state index contributed by atoms with van der Waals surface area (Å²) in [6.07, 6.45) is 1.76. The molecule has 2 aromatic rings. The zero-order chi connectivity index (χ0) is 12.4. The predicted octanol–water partition coefficient (Wildman–Crippen LogP) is 4.91. The van der Waals surface area contributed by atoms with Crippen LogP contribution in [0.4, 0.5) is 0 Å². The van der Waals surface area contributed by atoms with Gasteiger partial charge in [0.1, 0.15) is 5.75 Å². The number of halogens is 2. The van der Waals surface area contributed by atoms with E-state index in [1.165, 1.54) is 0 Å². The van der Waals surface area contributed by atoms with Gasteiger partial charge >= 0.3 is 0 Å². The Bertz CT molecular complexity index is 557. The molecular formula is C13H11BrClNO. The lowest BCUT2D eigenvalue weighted by molar-refractivity contribution is 0.456. The van der Waals surface area contributed by atoms with Crippen LogP contribution in [0, 0.1) is 13.8 Å². The van der Waals surface area contributed by atoms with E-state index in [4.69, 9.17) is 16.3 Å². The van der Waals surface area contributed by atoms with Crippen LogP contribution in [0.5, 0.6) is 11.6 Å². The van der Waals surface area contributed by atoms with Gasteiger partial charge in [0, 0.05) is 11.2 Å². The molecule has 0 bridgehead atoms. The SMILES string of the molecule is Cc1cnc(Oc2cc(Cl)ccc2C)c(Br)c1. The van der Waals surface area contributed by atoms with E-state index < -0.39 is 0 Å². The van der Waals surface area contributed by atoms with Gasteiger partial charge in [-0.3, -0.25) is 0 Å². The molecule has 0 saturated carbocycles. The van der Waals surface area contributed by atoms with Crippen molar-refractivity contribution in [1.82, 2.24) is 4.98 Å². The maximum atomic E-state index is 5.94. The lowest BCUT2D eigenvalue weighted by atomic mass is 10.2. The number of benzene rings is 1. The standard InChI is InChI=1S/C13H11BrClNO/c1-8-5-11(14)13(16-7-8)17-12-6-10(15)4-3-9(12)2/h3-7H,1-2H3. The summed E-state index contributed by atoms with van der Waals surface area (Å²) in [4.78, 5) is 4.23. The molecule has 0 unspecified atom stereocenters. The van der Waals surface area contributed by atoms with Gasteiger partial charge in [0.2, 0.25) is 5.88 Å². The topological polar surface area (TPSA) is 22.1 Å². The number of hydrogen-bond acceptors (Lipinski definition) is 2. The largest absolute Gasteiger partial charge is 0.438 e. The molecule has 0 aliphatic heterocycles. The molecule has 1 aromatic carbocycles. The van der Waals surface area contributed by atoms with Gasteiger partial charge in [-0.1, -0.05) is 17.7 Å². The number of pyridine rings is 1. The van der Waals surface area contributed by atoms with E-state index in [-0.39, 0.29) is 0 Å². The molecule has 4 heteroatoms. The van der Waals surface area contributed by atoms with Gasteiger partial charge < -0.3 is 4.74 Å². The van der Waals surface area contributed by atoms with Crippen LogP contribution >= 0.6 is 27.5 Å². The fourth-order valence-electron chi connectivity index (χ4n) is 1.38. The number of aryl methyl sites for hydroxylation is 2. The molecule has 0 N–H and O–H groups in total. The smallest absolute Gasteiger partial charge is 0.233 e. The van der Waals surface area contributed by atoms with Gasteiger partial charge in [0.05, 0.1) is 4.47 Å². The van der Waals surface area contributed by atoms with Crippen molar-refractivity contribution < 1.29 is 4.74 Å². The van der Waals surface area contributed by atoms with Crippen molar-refractivity contribution in [1.29, 1.82) is 0 Å². The number of nitrogens with zero attached hydrogens (tertiary/aromatic N) is 1. The summed E-state index contributed by atoms with van der Waals surface area (Å²) in [5.41, 5.74) is 2.09. The van der Waals surface area contributed by atoms with Crippen LogP contribution in [0.2, 0.25) is 5.02 Å². The second-order valence-corrected chi connectivity index (χ2v) is 5.10. The predicted molar refractivity (Wildman–Crippen MR) is 72.9 cm³/mol. The summed E-state index contributed by atoms with van der Waals surface area (Å²) < 4.78 is 6.56. The van der Waals surface area contributed by atoms with Crippen LogP contribution in [0.25, 0.3) is 0 Å². The van der Waals surface area contributed by atoms with Crippen molar-refractivity contribution in [2.24, 2.45) is 0 Å². The molecule has 17 heavy (non-hydrogen) atoms. The molecule has 0 fully saturated rings. The third kappa shape index (κ3) is 2.99. The van der Waals surface area contributed by atoms with E-state index in [9.17, 15) is 0 Å². The Morgan fingerprint density at radius 2 is 2.00 bits per heavy atom. The normalized spacial score (nSPS) is 10.4. The third-order valence-electron chi connectivity index (χ3n) is 2.30. The van der Waals surface area contributed by atoms with Gasteiger partial charge in [-0.05, 0) is 59.1 Å². The zero-order valence-corrected chi connectivity index (χ0v) is 11.8. The highest BCUT2D eigenvalue weighted by atomic mass is 79.9. The quantitative estimate of drug-likeness (QED) is 0.786. The molecule has 0 aliphatic rings. The van der Waals surface area contributed by atoms with Crippen molar-refractivity contribution in [3.63, 3.8) is 0 Å². The number of rotatable bonds is 2. The molecule has 0 amide bonds. The average molecular weight is 313 g/mol. The summed E-state index contributed by atoms with van der Waals surface area (Å²) >= 11 is 9.36. The second kappa shape index (κ2) is 5.07. The average Bonchev–Trinajstić information content (AvgIpc) is 2.27. The van der Waals surface area contributed by atoms with E-state index >= 15 is 0 Å². The lowest BCUT2D eigenvalue weighted by Crippen LogP contribution is -1.92. The highest BCUT2D eigenvalue weighted by Crippen LogP contribution is 2.31. The fraction of sp³-hybridized carbons (Fsp3) is 0.154. The molecule has 0 aliphatic carbocycles. The second-order valence-electron chi connectivity index (χ2n) is 3.81. The van der Waals surface area contributed by atoms with Crippen LogP contribution in [-0.4, -0.2) is 4.98 Å². The van der Waals surface area contributed by atoms with Crippen molar-refractivity contribution in [2.45, 2.75) is 13.8 Å². The van der Waals surface area contributed by atoms with E-state index in [1.807, 2.05) is 32.0 Å². The Labute approximate surface area is 114 Å².